The molecule has 0 aliphatic heterocycles. The van der Waals surface area contributed by atoms with Crippen LogP contribution in [0.5, 0.6) is 0 Å². The van der Waals surface area contributed by atoms with E-state index in [2.05, 4.69) is 13.8 Å². The smallest absolute Gasteiger partial charge is 0.462 e. The molecule has 2 atom stereocenters. The number of ether oxygens (including phenoxy) is 2. The first kappa shape index (κ1) is 57.5. The lowest BCUT2D eigenvalue weighted by Crippen LogP contribution is -2.29. The molecule has 0 amide bonds. The van der Waals surface area contributed by atoms with Gasteiger partial charge in [-0.3, -0.25) is 13.8 Å². The Hall–Kier alpha value is -1.51. The van der Waals surface area contributed by atoms with Crippen LogP contribution in [0.1, 0.15) is 245 Å². The zero-order valence-electron chi connectivity index (χ0n) is 38.5. The highest BCUT2D eigenvalue weighted by atomic mass is 31.2. The molecule has 9 nitrogen and oxygen atoms in total. The maximum Gasteiger partial charge on any atom is 0.472 e. The molecule has 0 aliphatic carbocycles. The summed E-state index contributed by atoms with van der Waals surface area (Å²) in [6, 6.07) is 0. The van der Waals surface area contributed by atoms with Crippen LogP contribution in [0.4, 0.5) is 0 Å². The summed E-state index contributed by atoms with van der Waals surface area (Å²) < 4.78 is 32.7. The first-order valence-electron chi connectivity index (χ1n) is 24.9. The Bertz CT molecular complexity index is 1020. The fraction of sp³-hybridized carbons (Fsp3) is 0.878. The minimum absolute atomic E-state index is 0.0428. The number of esters is 2. The second kappa shape index (κ2) is 46.0. The summed E-state index contributed by atoms with van der Waals surface area (Å²) in [7, 11) is -4.40. The van der Waals surface area contributed by atoms with E-state index in [0.29, 0.717) is 0 Å². The average molecular weight is 856 g/mol. The molecule has 0 rings (SSSR count). The minimum Gasteiger partial charge on any atom is -0.462 e. The van der Waals surface area contributed by atoms with Crippen molar-refractivity contribution in [1.82, 2.24) is 0 Å². The number of hydrogen-bond donors (Lipinski definition) is 2. The van der Waals surface area contributed by atoms with Crippen molar-refractivity contribution >= 4 is 19.8 Å². The summed E-state index contributed by atoms with van der Waals surface area (Å²) in [6.07, 6.45) is 51.4. The zero-order chi connectivity index (χ0) is 43.2. The second-order valence-electron chi connectivity index (χ2n) is 16.8. The van der Waals surface area contributed by atoms with Crippen LogP contribution in [0.3, 0.4) is 0 Å². The Labute approximate surface area is 363 Å². The minimum atomic E-state index is -4.40. The van der Waals surface area contributed by atoms with Gasteiger partial charge in [0.15, 0.2) is 6.10 Å². The summed E-state index contributed by atoms with van der Waals surface area (Å²) in [4.78, 5) is 34.8. The van der Waals surface area contributed by atoms with Crippen molar-refractivity contribution in [1.29, 1.82) is 0 Å². The van der Waals surface area contributed by atoms with Gasteiger partial charge in [0.2, 0.25) is 0 Å². The van der Waals surface area contributed by atoms with Crippen molar-refractivity contribution in [3.8, 4) is 0 Å². The molecule has 0 aromatic heterocycles. The van der Waals surface area contributed by atoms with Gasteiger partial charge in [0.25, 0.3) is 0 Å². The van der Waals surface area contributed by atoms with E-state index < -0.39 is 32.5 Å². The number of phosphoric acid groups is 1. The van der Waals surface area contributed by atoms with Gasteiger partial charge < -0.3 is 20.1 Å². The number of unbranched alkanes of at least 4 members (excludes halogenated alkanes) is 33. The summed E-state index contributed by atoms with van der Waals surface area (Å²) in [5.74, 6) is -1.07. The fourth-order valence-electron chi connectivity index (χ4n) is 7.25. The van der Waals surface area contributed by atoms with Crippen molar-refractivity contribution in [3.05, 3.63) is 24.3 Å². The lowest BCUT2D eigenvalue weighted by atomic mass is 10.0. The Morgan fingerprint density at radius 2 is 0.932 bits per heavy atom. The van der Waals surface area contributed by atoms with Crippen molar-refractivity contribution in [2.45, 2.75) is 251 Å². The van der Waals surface area contributed by atoms with E-state index in [9.17, 15) is 19.0 Å². The molecule has 0 heterocycles. The van der Waals surface area contributed by atoms with Crippen molar-refractivity contribution in [3.63, 3.8) is 0 Å². The van der Waals surface area contributed by atoms with Crippen molar-refractivity contribution in [2.75, 3.05) is 26.4 Å². The predicted molar refractivity (Wildman–Crippen MR) is 247 cm³/mol. The lowest BCUT2D eigenvalue weighted by Gasteiger charge is -2.19. The van der Waals surface area contributed by atoms with Crippen molar-refractivity contribution in [2.24, 2.45) is 5.73 Å². The molecule has 0 radical (unpaired) electrons. The molecule has 0 aromatic carbocycles. The summed E-state index contributed by atoms with van der Waals surface area (Å²) in [5.41, 5.74) is 5.35. The highest BCUT2D eigenvalue weighted by Crippen LogP contribution is 2.43. The normalized spacial score (nSPS) is 13.4. The Morgan fingerprint density at radius 3 is 1.34 bits per heavy atom. The number of hydrogen-bond acceptors (Lipinski definition) is 8. The predicted octanol–water partition coefficient (Wildman–Crippen LogP) is 14.7. The first-order valence-corrected chi connectivity index (χ1v) is 26.4. The van der Waals surface area contributed by atoms with Crippen molar-refractivity contribution < 1.29 is 37.6 Å². The van der Waals surface area contributed by atoms with Crippen LogP contribution in [0.25, 0.3) is 0 Å². The molecule has 3 N–H and O–H groups in total. The Kier molecular flexibility index (Phi) is 44.8. The first-order chi connectivity index (χ1) is 28.8. The third-order valence-electron chi connectivity index (χ3n) is 10.9. The van der Waals surface area contributed by atoms with E-state index in [1.807, 2.05) is 12.2 Å². The SMILES string of the molecule is CCCCCCCCCCCCC/C=C/C=C/C(=O)O[C@@H](COC(=O)CCCCCCCCCCCCCCCCCCCCCCCCC)COP(=O)(O)OCCN. The van der Waals surface area contributed by atoms with Gasteiger partial charge >= 0.3 is 19.8 Å². The molecular weight excluding hydrogens is 762 g/mol. The van der Waals surface area contributed by atoms with Gasteiger partial charge in [0, 0.05) is 19.0 Å². The molecule has 10 heteroatoms. The molecule has 0 aromatic rings. The Morgan fingerprint density at radius 1 is 0.542 bits per heavy atom. The number of phosphoric ester groups is 1. The van der Waals surface area contributed by atoms with E-state index in [-0.39, 0.29) is 26.2 Å². The van der Waals surface area contributed by atoms with Crippen LogP contribution in [0, 0.1) is 0 Å². The van der Waals surface area contributed by atoms with Gasteiger partial charge in [-0.25, -0.2) is 9.36 Å². The highest BCUT2D eigenvalue weighted by molar-refractivity contribution is 7.47. The van der Waals surface area contributed by atoms with Crippen LogP contribution in [-0.4, -0.2) is 49.3 Å². The average Bonchev–Trinajstić information content (AvgIpc) is 3.22. The van der Waals surface area contributed by atoms with Crippen LogP contribution < -0.4 is 5.73 Å². The number of carbonyl (C=O) groups is 2. The molecule has 0 fully saturated rings. The molecule has 0 bridgehead atoms. The van der Waals surface area contributed by atoms with Crippen LogP contribution >= 0.6 is 7.82 Å². The number of nitrogens with two attached hydrogens (primary N) is 1. The van der Waals surface area contributed by atoms with E-state index in [1.165, 1.54) is 199 Å². The maximum atomic E-state index is 12.5. The third-order valence-corrected chi connectivity index (χ3v) is 11.9. The van der Waals surface area contributed by atoms with Gasteiger partial charge in [0.1, 0.15) is 6.61 Å². The number of carbonyl (C=O) groups excluding carboxylic acids is 2. The van der Waals surface area contributed by atoms with Gasteiger partial charge in [-0.05, 0) is 19.3 Å². The van der Waals surface area contributed by atoms with E-state index in [0.717, 1.165) is 32.1 Å². The molecule has 348 valence electrons. The second-order valence-corrected chi connectivity index (χ2v) is 18.2. The number of allylic oxidation sites excluding steroid dienone is 3. The molecule has 1 unspecified atom stereocenters. The summed E-state index contributed by atoms with van der Waals surface area (Å²) in [5, 5.41) is 0. The van der Waals surface area contributed by atoms with Gasteiger partial charge in [-0.1, -0.05) is 238 Å². The van der Waals surface area contributed by atoms with Crippen LogP contribution in [0.15, 0.2) is 24.3 Å². The highest BCUT2D eigenvalue weighted by Gasteiger charge is 2.25. The largest absolute Gasteiger partial charge is 0.472 e. The quantitative estimate of drug-likeness (QED) is 0.0202. The monoisotopic (exact) mass is 856 g/mol. The maximum absolute atomic E-state index is 12.5. The van der Waals surface area contributed by atoms with Crippen LogP contribution in [0.2, 0.25) is 0 Å². The number of rotatable bonds is 47. The van der Waals surface area contributed by atoms with E-state index >= 15 is 0 Å². The Balaban J connectivity index is 4.05. The zero-order valence-corrected chi connectivity index (χ0v) is 39.4. The molecule has 0 saturated heterocycles. The van der Waals surface area contributed by atoms with E-state index in [4.69, 9.17) is 24.3 Å². The fourth-order valence-corrected chi connectivity index (χ4v) is 8.02. The molecule has 0 saturated carbocycles. The standard InChI is InChI=1S/C49H94NO8P/c1-3-5-7-9-11-13-15-17-19-20-21-22-23-24-25-26-28-29-31-33-35-37-39-41-48(51)55-45-47(46-57-59(53,54)56-44-43-50)58-49(52)42-40-38-36-34-32-30-27-18-16-14-12-10-8-6-4-2/h36,38,40,42,47H,3-35,37,39,41,43-46,50H2,1-2H3,(H,53,54)/b38-36+,42-40+/t47-/m0/s1. The molecule has 59 heavy (non-hydrogen) atoms. The van der Waals surface area contributed by atoms with Gasteiger partial charge in [0.05, 0.1) is 13.2 Å². The lowest BCUT2D eigenvalue weighted by molar-refractivity contribution is -0.157. The summed E-state index contributed by atoms with van der Waals surface area (Å²) >= 11 is 0. The van der Waals surface area contributed by atoms with Crippen LogP contribution in [-0.2, 0) is 32.7 Å². The van der Waals surface area contributed by atoms with Gasteiger partial charge in [-0.15, -0.1) is 0 Å². The molecule has 0 spiro atoms. The van der Waals surface area contributed by atoms with Gasteiger partial charge in [-0.2, -0.15) is 0 Å². The molecular formula is C49H94NO8P. The summed E-state index contributed by atoms with van der Waals surface area (Å²) in [6.45, 7) is 3.65. The topological polar surface area (TPSA) is 134 Å². The molecule has 0 aliphatic rings. The van der Waals surface area contributed by atoms with E-state index in [1.54, 1.807) is 6.08 Å². The third kappa shape index (κ3) is 45.8.